The molecule has 1 aliphatic heterocycles. The molecule has 0 saturated carbocycles. The topological polar surface area (TPSA) is 65.1 Å². The molecule has 0 N–H and O–H groups in total. The van der Waals surface area contributed by atoms with Crippen LogP contribution in [0.15, 0.2) is 42.5 Å². The second-order valence-electron chi connectivity index (χ2n) is 6.49. The highest BCUT2D eigenvalue weighted by molar-refractivity contribution is 5.68. The summed E-state index contributed by atoms with van der Waals surface area (Å²) in [4.78, 5) is 25.3. The largest absolute Gasteiger partial charge is 0.509 e. The van der Waals surface area contributed by atoms with E-state index in [9.17, 15) is 9.59 Å². The number of benzene rings is 1. The summed E-state index contributed by atoms with van der Waals surface area (Å²) in [5.74, 6) is 0. The molecule has 1 aromatic carbocycles. The van der Waals surface area contributed by atoms with Gasteiger partial charge >= 0.3 is 12.2 Å². The second kappa shape index (κ2) is 7.86. The first-order chi connectivity index (χ1) is 11.3. The van der Waals surface area contributed by atoms with E-state index < -0.39 is 24.0 Å². The van der Waals surface area contributed by atoms with Gasteiger partial charge in [0.05, 0.1) is 6.54 Å². The maximum absolute atomic E-state index is 12.1. The number of nitrogens with zero attached hydrogens (tertiary/aromatic N) is 1. The van der Waals surface area contributed by atoms with Crippen molar-refractivity contribution < 1.29 is 23.8 Å². The highest BCUT2D eigenvalue weighted by Crippen LogP contribution is 2.13. The summed E-state index contributed by atoms with van der Waals surface area (Å²) in [7, 11) is 0. The molecule has 1 aromatic rings. The second-order valence-corrected chi connectivity index (χ2v) is 6.49. The van der Waals surface area contributed by atoms with Gasteiger partial charge < -0.3 is 19.1 Å². The van der Waals surface area contributed by atoms with Crippen molar-refractivity contribution in [1.29, 1.82) is 0 Å². The van der Waals surface area contributed by atoms with Gasteiger partial charge in [-0.3, -0.25) is 0 Å². The minimum absolute atomic E-state index is 0.206. The number of ether oxygens (including phenoxy) is 3. The molecule has 0 spiro atoms. The van der Waals surface area contributed by atoms with Crippen molar-refractivity contribution in [3.8, 4) is 0 Å². The van der Waals surface area contributed by atoms with E-state index in [0.717, 1.165) is 5.56 Å². The number of amides is 1. The molecule has 2 rings (SSSR count). The van der Waals surface area contributed by atoms with Gasteiger partial charge in [-0.25, -0.2) is 9.59 Å². The number of carbonyl (C=O) groups excluding carboxylic acids is 2. The summed E-state index contributed by atoms with van der Waals surface area (Å²) in [5, 5.41) is 0. The molecule has 0 bridgehead atoms. The van der Waals surface area contributed by atoms with Gasteiger partial charge in [-0.2, -0.15) is 0 Å². The number of carbonyl (C=O) groups is 2. The van der Waals surface area contributed by atoms with Gasteiger partial charge in [0.15, 0.2) is 0 Å². The molecule has 130 valence electrons. The third kappa shape index (κ3) is 5.95. The van der Waals surface area contributed by atoms with Crippen molar-refractivity contribution in [3.05, 3.63) is 48.0 Å². The zero-order valence-electron chi connectivity index (χ0n) is 14.2. The van der Waals surface area contributed by atoms with Crippen molar-refractivity contribution in [1.82, 2.24) is 4.90 Å². The summed E-state index contributed by atoms with van der Waals surface area (Å²) in [6, 6.07) is 9.45. The van der Waals surface area contributed by atoms with Crippen LogP contribution in [-0.4, -0.2) is 41.9 Å². The molecule has 0 aliphatic carbocycles. The predicted molar refractivity (Wildman–Crippen MR) is 88.4 cm³/mol. The lowest BCUT2D eigenvalue weighted by molar-refractivity contribution is -0.0247. The van der Waals surface area contributed by atoms with E-state index in [1.54, 1.807) is 32.9 Å². The van der Waals surface area contributed by atoms with Gasteiger partial charge in [-0.1, -0.05) is 36.4 Å². The van der Waals surface area contributed by atoms with Crippen molar-refractivity contribution in [2.24, 2.45) is 0 Å². The van der Waals surface area contributed by atoms with E-state index in [-0.39, 0.29) is 13.2 Å². The van der Waals surface area contributed by atoms with Gasteiger partial charge in [0, 0.05) is 6.54 Å². The standard InChI is InChI=1S/C18H23NO5/c1-18(2,3)24-17(21)23-15-10-7-11-19(12-15)16(20)22-13-14-8-5-4-6-9-14/h4-10,15H,11-13H2,1-3H3/t15-/m1/s1. The lowest BCUT2D eigenvalue weighted by atomic mass is 10.2. The van der Waals surface area contributed by atoms with Crippen molar-refractivity contribution in [2.45, 2.75) is 39.1 Å². The number of hydrogen-bond donors (Lipinski definition) is 0. The third-order valence-electron chi connectivity index (χ3n) is 3.18. The maximum atomic E-state index is 12.1. The van der Waals surface area contributed by atoms with Crippen LogP contribution in [0.4, 0.5) is 9.59 Å². The Hall–Kier alpha value is -2.50. The fraction of sp³-hybridized carbons (Fsp3) is 0.444. The first-order valence-electron chi connectivity index (χ1n) is 7.85. The van der Waals surface area contributed by atoms with Crippen molar-refractivity contribution >= 4 is 12.2 Å². The SMILES string of the molecule is CC(C)(C)OC(=O)O[C@@H]1C=CCN(C(=O)OCc2ccccc2)C1. The van der Waals surface area contributed by atoms with Gasteiger partial charge in [0.25, 0.3) is 0 Å². The Morgan fingerprint density at radius 2 is 1.92 bits per heavy atom. The summed E-state index contributed by atoms with van der Waals surface area (Å²) in [5.41, 5.74) is 0.295. The lowest BCUT2D eigenvalue weighted by Gasteiger charge is -2.28. The molecule has 1 aliphatic rings. The van der Waals surface area contributed by atoms with E-state index in [0.29, 0.717) is 6.54 Å². The van der Waals surface area contributed by atoms with Gasteiger partial charge in [0.1, 0.15) is 18.3 Å². The summed E-state index contributed by atoms with van der Waals surface area (Å²) in [6.45, 7) is 6.15. The first-order valence-corrected chi connectivity index (χ1v) is 7.85. The summed E-state index contributed by atoms with van der Waals surface area (Å²) >= 11 is 0. The Morgan fingerprint density at radius 3 is 2.58 bits per heavy atom. The van der Waals surface area contributed by atoms with Gasteiger partial charge in [-0.05, 0) is 32.4 Å². The monoisotopic (exact) mass is 333 g/mol. The van der Waals surface area contributed by atoms with E-state index in [1.165, 1.54) is 4.90 Å². The summed E-state index contributed by atoms with van der Waals surface area (Å²) in [6.07, 6.45) is 1.77. The maximum Gasteiger partial charge on any atom is 0.509 e. The molecule has 0 saturated heterocycles. The molecule has 0 aromatic heterocycles. The lowest BCUT2D eigenvalue weighted by Crippen LogP contribution is -2.42. The van der Waals surface area contributed by atoms with Crippen LogP contribution in [-0.2, 0) is 20.8 Å². The molecule has 1 amide bonds. The quantitative estimate of drug-likeness (QED) is 0.625. The smallest absolute Gasteiger partial charge is 0.445 e. The van der Waals surface area contributed by atoms with Crippen LogP contribution in [0.1, 0.15) is 26.3 Å². The molecule has 1 heterocycles. The molecular weight excluding hydrogens is 310 g/mol. The number of hydrogen-bond acceptors (Lipinski definition) is 5. The third-order valence-corrected chi connectivity index (χ3v) is 3.18. The van der Waals surface area contributed by atoms with Crippen LogP contribution in [0, 0.1) is 0 Å². The average molecular weight is 333 g/mol. The molecule has 0 fully saturated rings. The molecule has 1 atom stereocenters. The molecule has 6 heteroatoms. The number of rotatable bonds is 3. The van der Waals surface area contributed by atoms with Gasteiger partial charge in [0.2, 0.25) is 0 Å². The summed E-state index contributed by atoms with van der Waals surface area (Å²) < 4.78 is 15.6. The van der Waals surface area contributed by atoms with E-state index in [1.807, 2.05) is 30.3 Å². The van der Waals surface area contributed by atoms with Crippen LogP contribution < -0.4 is 0 Å². The predicted octanol–water partition coefficient (Wildman–Crippen LogP) is 3.52. The van der Waals surface area contributed by atoms with E-state index in [4.69, 9.17) is 14.2 Å². The molecule has 0 radical (unpaired) electrons. The fourth-order valence-corrected chi connectivity index (χ4v) is 2.13. The zero-order chi connectivity index (χ0) is 17.6. The van der Waals surface area contributed by atoms with Crippen molar-refractivity contribution in [2.75, 3.05) is 13.1 Å². The van der Waals surface area contributed by atoms with Crippen LogP contribution in [0.5, 0.6) is 0 Å². The Balaban J connectivity index is 1.81. The highest BCUT2D eigenvalue weighted by Gasteiger charge is 2.26. The normalized spacial score (nSPS) is 17.3. The average Bonchev–Trinajstić information content (AvgIpc) is 2.52. The Kier molecular flexibility index (Phi) is 5.84. The van der Waals surface area contributed by atoms with E-state index >= 15 is 0 Å². The van der Waals surface area contributed by atoms with Crippen LogP contribution >= 0.6 is 0 Å². The van der Waals surface area contributed by atoms with Crippen molar-refractivity contribution in [3.63, 3.8) is 0 Å². The van der Waals surface area contributed by atoms with E-state index in [2.05, 4.69) is 0 Å². The Bertz CT molecular complexity index is 591. The molecule has 6 nitrogen and oxygen atoms in total. The Morgan fingerprint density at radius 1 is 1.21 bits per heavy atom. The minimum atomic E-state index is -0.753. The fourth-order valence-electron chi connectivity index (χ4n) is 2.13. The molecular formula is C18H23NO5. The van der Waals surface area contributed by atoms with Crippen LogP contribution in [0.25, 0.3) is 0 Å². The molecule has 24 heavy (non-hydrogen) atoms. The minimum Gasteiger partial charge on any atom is -0.445 e. The highest BCUT2D eigenvalue weighted by atomic mass is 16.7. The van der Waals surface area contributed by atoms with Crippen LogP contribution in [0.2, 0.25) is 0 Å². The van der Waals surface area contributed by atoms with Gasteiger partial charge in [-0.15, -0.1) is 0 Å². The Labute approximate surface area is 142 Å². The first kappa shape index (κ1) is 17.8. The zero-order valence-corrected chi connectivity index (χ0v) is 14.2. The van der Waals surface area contributed by atoms with Crippen LogP contribution in [0.3, 0.4) is 0 Å². The molecule has 0 unspecified atom stereocenters.